The molecule has 0 saturated carbocycles. The molecule has 1 amide bonds. The Morgan fingerprint density at radius 2 is 1.86 bits per heavy atom. The second-order valence-electron chi connectivity index (χ2n) is 5.97. The largest absolute Gasteiger partial charge is 0.497 e. The summed E-state index contributed by atoms with van der Waals surface area (Å²) in [5.41, 5.74) is 7.05. The molecule has 21 heavy (non-hydrogen) atoms. The van der Waals surface area contributed by atoms with E-state index in [1.54, 1.807) is 13.2 Å². The highest BCUT2D eigenvalue weighted by Gasteiger charge is 2.41. The number of carbonyl (C=O) groups is 1. The van der Waals surface area contributed by atoms with E-state index in [0.29, 0.717) is 12.1 Å². The average molecular weight is 286 g/mol. The number of amides is 1. The van der Waals surface area contributed by atoms with Gasteiger partial charge in [0.15, 0.2) is 0 Å². The third kappa shape index (κ3) is 2.95. The third-order valence-corrected chi connectivity index (χ3v) is 4.56. The molecular weight excluding hydrogens is 264 g/mol. The zero-order valence-corrected chi connectivity index (χ0v) is 12.4. The summed E-state index contributed by atoms with van der Waals surface area (Å²) < 4.78 is 5.13. The first-order valence-corrected chi connectivity index (χ1v) is 7.57. The van der Waals surface area contributed by atoms with Crippen molar-refractivity contribution >= 4 is 12.0 Å². The van der Waals surface area contributed by atoms with Crippen molar-refractivity contribution in [1.82, 2.24) is 4.90 Å². The summed E-state index contributed by atoms with van der Waals surface area (Å²) in [6.07, 6.45) is 7.64. The summed E-state index contributed by atoms with van der Waals surface area (Å²) in [5.74, 6) is 0.937. The Labute approximate surface area is 125 Å². The first kappa shape index (κ1) is 14.1. The normalized spacial score (nSPS) is 28.1. The molecule has 3 rings (SSSR count). The van der Waals surface area contributed by atoms with E-state index >= 15 is 0 Å². The maximum absolute atomic E-state index is 12.4. The Morgan fingerprint density at radius 3 is 2.43 bits per heavy atom. The topological polar surface area (TPSA) is 55.6 Å². The van der Waals surface area contributed by atoms with Gasteiger partial charge in [-0.25, -0.2) is 0 Å². The van der Waals surface area contributed by atoms with Gasteiger partial charge in [-0.15, -0.1) is 0 Å². The van der Waals surface area contributed by atoms with Gasteiger partial charge >= 0.3 is 0 Å². The molecule has 2 fully saturated rings. The van der Waals surface area contributed by atoms with Gasteiger partial charge in [-0.3, -0.25) is 4.79 Å². The lowest BCUT2D eigenvalue weighted by molar-refractivity contribution is -0.130. The highest BCUT2D eigenvalue weighted by molar-refractivity contribution is 5.92. The number of hydrogen-bond donors (Lipinski definition) is 1. The van der Waals surface area contributed by atoms with Crippen molar-refractivity contribution in [2.75, 3.05) is 7.11 Å². The van der Waals surface area contributed by atoms with Gasteiger partial charge in [0.2, 0.25) is 5.91 Å². The fraction of sp³-hybridized carbons (Fsp3) is 0.471. The highest BCUT2D eigenvalue weighted by Crippen LogP contribution is 2.35. The first-order valence-electron chi connectivity index (χ1n) is 7.57. The van der Waals surface area contributed by atoms with E-state index in [0.717, 1.165) is 37.0 Å². The van der Waals surface area contributed by atoms with Crippen LogP contribution in [0.15, 0.2) is 30.3 Å². The van der Waals surface area contributed by atoms with E-state index in [9.17, 15) is 4.79 Å². The minimum Gasteiger partial charge on any atom is -0.497 e. The van der Waals surface area contributed by atoms with Gasteiger partial charge in [0.1, 0.15) is 5.75 Å². The van der Waals surface area contributed by atoms with E-state index < -0.39 is 0 Å². The van der Waals surface area contributed by atoms with Crippen LogP contribution < -0.4 is 10.5 Å². The second kappa shape index (κ2) is 5.90. The summed E-state index contributed by atoms with van der Waals surface area (Å²) in [4.78, 5) is 14.5. The molecule has 1 aromatic carbocycles. The number of nitrogens with two attached hydrogens (primary N) is 1. The molecule has 2 saturated heterocycles. The molecule has 0 aromatic heterocycles. The molecule has 0 aliphatic carbocycles. The molecule has 2 aliphatic rings. The zero-order valence-electron chi connectivity index (χ0n) is 12.4. The van der Waals surface area contributed by atoms with Gasteiger partial charge in [0.05, 0.1) is 7.11 Å². The number of ether oxygens (including phenoxy) is 1. The van der Waals surface area contributed by atoms with Crippen LogP contribution in [0.4, 0.5) is 0 Å². The van der Waals surface area contributed by atoms with E-state index in [2.05, 4.69) is 0 Å². The predicted octanol–water partition coefficient (Wildman–Crippen LogP) is 2.19. The molecule has 0 radical (unpaired) electrons. The third-order valence-electron chi connectivity index (χ3n) is 4.56. The van der Waals surface area contributed by atoms with Crippen molar-refractivity contribution in [3.8, 4) is 5.75 Å². The number of rotatable bonds is 3. The van der Waals surface area contributed by atoms with Crippen LogP contribution in [-0.2, 0) is 4.79 Å². The van der Waals surface area contributed by atoms with Crippen LogP contribution >= 0.6 is 0 Å². The number of benzene rings is 1. The molecule has 2 aliphatic heterocycles. The first-order chi connectivity index (χ1) is 10.2. The number of fused-ring (bicyclic) bond motifs is 2. The van der Waals surface area contributed by atoms with Crippen molar-refractivity contribution in [2.45, 2.75) is 43.8 Å². The van der Waals surface area contributed by atoms with Crippen molar-refractivity contribution in [3.05, 3.63) is 35.9 Å². The second-order valence-corrected chi connectivity index (χ2v) is 5.97. The SMILES string of the molecule is COc1ccc(/C=C/C(=O)N2C3CCC2CC(N)C3)cc1. The number of carbonyl (C=O) groups excluding carboxylic acids is 1. The molecular formula is C17H22N2O2. The fourth-order valence-corrected chi connectivity index (χ4v) is 3.55. The fourth-order valence-electron chi connectivity index (χ4n) is 3.55. The maximum atomic E-state index is 12.4. The van der Waals surface area contributed by atoms with Crippen LogP contribution in [0.1, 0.15) is 31.2 Å². The molecule has 2 atom stereocenters. The summed E-state index contributed by atoms with van der Waals surface area (Å²) >= 11 is 0. The molecule has 2 N–H and O–H groups in total. The molecule has 0 spiro atoms. The Morgan fingerprint density at radius 1 is 1.24 bits per heavy atom. The van der Waals surface area contributed by atoms with Crippen LogP contribution in [0, 0.1) is 0 Å². The highest BCUT2D eigenvalue weighted by atomic mass is 16.5. The van der Waals surface area contributed by atoms with Crippen LogP contribution in [0.2, 0.25) is 0 Å². The summed E-state index contributed by atoms with van der Waals surface area (Å²) in [6.45, 7) is 0. The molecule has 2 heterocycles. The Kier molecular flexibility index (Phi) is 3.97. The quantitative estimate of drug-likeness (QED) is 0.867. The number of nitrogens with zero attached hydrogens (tertiary/aromatic N) is 1. The van der Waals surface area contributed by atoms with E-state index in [1.807, 2.05) is 35.2 Å². The van der Waals surface area contributed by atoms with Gasteiger partial charge in [-0.2, -0.15) is 0 Å². The van der Waals surface area contributed by atoms with Crippen molar-refractivity contribution in [1.29, 1.82) is 0 Å². The minimum atomic E-state index is 0.116. The smallest absolute Gasteiger partial charge is 0.247 e. The lowest BCUT2D eigenvalue weighted by atomic mass is 9.98. The molecule has 4 heteroatoms. The van der Waals surface area contributed by atoms with Crippen LogP contribution in [0.25, 0.3) is 6.08 Å². The van der Waals surface area contributed by atoms with Gasteiger partial charge in [0.25, 0.3) is 0 Å². The lowest BCUT2D eigenvalue weighted by Gasteiger charge is -2.37. The zero-order chi connectivity index (χ0) is 14.8. The standard InChI is InChI=1S/C17H22N2O2/c1-21-16-7-2-12(3-8-16)4-9-17(20)19-14-5-6-15(19)11-13(18)10-14/h2-4,7-9,13-15H,5-6,10-11,18H2,1H3/b9-4+. The molecule has 112 valence electrons. The van der Waals surface area contributed by atoms with Crippen molar-refractivity contribution < 1.29 is 9.53 Å². The predicted molar refractivity (Wildman–Crippen MR) is 82.9 cm³/mol. The number of hydrogen-bond acceptors (Lipinski definition) is 3. The average Bonchev–Trinajstić information content (AvgIpc) is 2.77. The van der Waals surface area contributed by atoms with Crippen LogP contribution in [-0.4, -0.2) is 36.0 Å². The van der Waals surface area contributed by atoms with Gasteiger partial charge < -0.3 is 15.4 Å². The van der Waals surface area contributed by atoms with E-state index in [1.165, 1.54) is 0 Å². The van der Waals surface area contributed by atoms with E-state index in [-0.39, 0.29) is 11.9 Å². The van der Waals surface area contributed by atoms with Crippen LogP contribution in [0.5, 0.6) is 5.75 Å². The Hall–Kier alpha value is -1.81. The van der Waals surface area contributed by atoms with Crippen LogP contribution in [0.3, 0.4) is 0 Å². The van der Waals surface area contributed by atoms with Gasteiger partial charge in [0, 0.05) is 24.2 Å². The molecule has 4 nitrogen and oxygen atoms in total. The van der Waals surface area contributed by atoms with Gasteiger partial charge in [-0.05, 0) is 49.5 Å². The van der Waals surface area contributed by atoms with Gasteiger partial charge in [-0.1, -0.05) is 12.1 Å². The lowest BCUT2D eigenvalue weighted by Crippen LogP contribution is -2.49. The van der Waals surface area contributed by atoms with Crippen molar-refractivity contribution in [2.24, 2.45) is 5.73 Å². The number of methoxy groups -OCH3 is 1. The summed E-state index contributed by atoms with van der Waals surface area (Å²) in [7, 11) is 1.64. The van der Waals surface area contributed by atoms with Crippen molar-refractivity contribution in [3.63, 3.8) is 0 Å². The van der Waals surface area contributed by atoms with E-state index in [4.69, 9.17) is 10.5 Å². The minimum absolute atomic E-state index is 0.116. The Balaban J connectivity index is 1.67. The molecule has 2 unspecified atom stereocenters. The number of piperidine rings is 1. The summed E-state index contributed by atoms with van der Waals surface area (Å²) in [6, 6.07) is 8.63. The molecule has 2 bridgehead atoms. The maximum Gasteiger partial charge on any atom is 0.247 e. The molecule has 1 aromatic rings. The Bertz CT molecular complexity index is 524. The monoisotopic (exact) mass is 286 g/mol. The summed E-state index contributed by atoms with van der Waals surface area (Å²) in [5, 5.41) is 0.